The average molecular weight is 595 g/mol. The number of rotatable bonds is 3. The summed E-state index contributed by atoms with van der Waals surface area (Å²) in [4.78, 5) is 108. The van der Waals surface area contributed by atoms with E-state index >= 15 is 0 Å². The van der Waals surface area contributed by atoms with E-state index in [1.807, 2.05) is 0 Å². The normalized spacial score (nSPS) is 20.1. The molecule has 12 heteroatoms. The fraction of sp³-hybridized carbons (Fsp3) is 0.375. The summed E-state index contributed by atoms with van der Waals surface area (Å²) < 4.78 is 3.39. The fourth-order valence-electron chi connectivity index (χ4n) is 7.90. The molecule has 2 aliphatic rings. The Hall–Kier alpha value is -5.00. The van der Waals surface area contributed by atoms with Crippen LogP contribution in [0.4, 0.5) is 0 Å². The van der Waals surface area contributed by atoms with Crippen molar-refractivity contribution in [2.75, 3.05) is 0 Å². The van der Waals surface area contributed by atoms with E-state index in [0.717, 1.165) is 41.2 Å². The maximum Gasteiger partial charge on any atom is 0.261 e. The zero-order chi connectivity index (χ0) is 30.6. The van der Waals surface area contributed by atoms with Crippen LogP contribution in [-0.2, 0) is 0 Å². The van der Waals surface area contributed by atoms with Crippen molar-refractivity contribution in [2.24, 2.45) is 0 Å². The zero-order valence-electron chi connectivity index (χ0n) is 23.5. The molecule has 4 heterocycles. The number of H-pyrrole nitrogens is 1. The fourth-order valence-corrected chi connectivity index (χ4v) is 7.90. The van der Waals surface area contributed by atoms with Gasteiger partial charge in [-0.05, 0) is 49.9 Å². The van der Waals surface area contributed by atoms with Crippen molar-refractivity contribution in [1.29, 1.82) is 0 Å². The van der Waals surface area contributed by atoms with Crippen LogP contribution in [0, 0.1) is 0 Å². The standard InChI is InChI=1S/C32H26N4O8/c37-25-15-10-17-18(11-16(15)26(38)33-25)30(42)35(29(17)41)23-8-4-5-9-24(23)36-31(43)21-12-19-20(13-22(21)32(36)44)28(40)34(27(19)39)14-6-2-1-3-7-14/h10-14,23-24H,1-9H2,(H,33,37,38)/t23-,24-/m0/s1. The van der Waals surface area contributed by atoms with Gasteiger partial charge in [-0.1, -0.05) is 32.1 Å². The van der Waals surface area contributed by atoms with Crippen LogP contribution in [0.15, 0.2) is 62.6 Å². The van der Waals surface area contributed by atoms with Gasteiger partial charge in [-0.25, -0.2) is 0 Å². The Labute approximate surface area is 244 Å². The van der Waals surface area contributed by atoms with Gasteiger partial charge in [0.2, 0.25) is 0 Å². The molecule has 44 heavy (non-hydrogen) atoms. The van der Waals surface area contributed by atoms with E-state index in [0.29, 0.717) is 25.7 Å². The summed E-state index contributed by atoms with van der Waals surface area (Å²) in [6.07, 6.45) is 6.31. The van der Waals surface area contributed by atoms with Crippen molar-refractivity contribution in [2.45, 2.75) is 75.9 Å². The molecular weight excluding hydrogens is 568 g/mol. The van der Waals surface area contributed by atoms with Crippen LogP contribution in [0.3, 0.4) is 0 Å². The summed E-state index contributed by atoms with van der Waals surface area (Å²) in [5.41, 5.74) is -4.83. The largest absolute Gasteiger partial charge is 0.288 e. The molecule has 2 aromatic carbocycles. The number of aromatic amines is 1. The molecule has 2 saturated carbocycles. The van der Waals surface area contributed by atoms with Gasteiger partial charge in [-0.2, -0.15) is 0 Å². The highest BCUT2D eigenvalue weighted by Gasteiger charge is 2.35. The van der Waals surface area contributed by atoms with Crippen LogP contribution in [-0.4, -0.2) is 18.7 Å². The van der Waals surface area contributed by atoms with Crippen LogP contribution >= 0.6 is 0 Å². The Morgan fingerprint density at radius 1 is 0.409 bits per heavy atom. The van der Waals surface area contributed by atoms with E-state index < -0.39 is 56.6 Å². The molecule has 1 N–H and O–H groups in total. The minimum atomic E-state index is -0.838. The van der Waals surface area contributed by atoms with E-state index in [2.05, 4.69) is 4.98 Å². The van der Waals surface area contributed by atoms with Gasteiger partial charge >= 0.3 is 0 Å². The molecule has 2 aliphatic carbocycles. The van der Waals surface area contributed by atoms with Gasteiger partial charge in [0.05, 0.1) is 55.2 Å². The number of benzene rings is 2. The lowest BCUT2D eigenvalue weighted by Crippen LogP contribution is -2.42. The predicted octanol–water partition coefficient (Wildman–Crippen LogP) is 1.53. The summed E-state index contributed by atoms with van der Waals surface area (Å²) in [5.74, 6) is 0. The molecule has 0 bridgehead atoms. The third-order valence-corrected chi connectivity index (χ3v) is 10.0. The second-order valence-electron chi connectivity index (χ2n) is 12.3. The number of nitrogens with zero attached hydrogens (tertiary/aromatic N) is 3. The first-order valence-corrected chi connectivity index (χ1v) is 15.0. The lowest BCUT2D eigenvalue weighted by molar-refractivity contribution is 0.229. The van der Waals surface area contributed by atoms with E-state index in [9.17, 15) is 38.4 Å². The van der Waals surface area contributed by atoms with Crippen molar-refractivity contribution in [3.8, 4) is 0 Å². The van der Waals surface area contributed by atoms with Crippen molar-refractivity contribution in [3.63, 3.8) is 0 Å². The van der Waals surface area contributed by atoms with Gasteiger partial charge in [-0.15, -0.1) is 0 Å². The first kappa shape index (κ1) is 26.6. The summed E-state index contributed by atoms with van der Waals surface area (Å²) in [5, 5.41) is 0.250. The highest BCUT2D eigenvalue weighted by Crippen LogP contribution is 2.36. The Morgan fingerprint density at radius 3 is 1.11 bits per heavy atom. The van der Waals surface area contributed by atoms with Gasteiger partial charge in [-0.3, -0.25) is 57.0 Å². The van der Waals surface area contributed by atoms with E-state index in [1.54, 1.807) is 0 Å². The highest BCUT2D eigenvalue weighted by atomic mass is 16.2. The minimum Gasteiger partial charge on any atom is -0.288 e. The average Bonchev–Trinajstić information content (AvgIpc) is 3.64. The van der Waals surface area contributed by atoms with Gasteiger partial charge in [0, 0.05) is 6.04 Å². The lowest BCUT2D eigenvalue weighted by Gasteiger charge is -2.31. The molecule has 12 nitrogen and oxygen atoms in total. The molecule has 4 aromatic heterocycles. The molecule has 0 spiro atoms. The Bertz CT molecular complexity index is 2480. The number of fused-ring (bicyclic) bond motifs is 4. The molecule has 0 unspecified atom stereocenters. The van der Waals surface area contributed by atoms with E-state index in [-0.39, 0.29) is 49.1 Å². The van der Waals surface area contributed by atoms with Gasteiger partial charge in [0.1, 0.15) is 0 Å². The van der Waals surface area contributed by atoms with Crippen LogP contribution in [0.1, 0.15) is 75.9 Å². The van der Waals surface area contributed by atoms with E-state index in [1.165, 1.54) is 28.8 Å². The number of hydrogen-bond donors (Lipinski definition) is 1. The van der Waals surface area contributed by atoms with Crippen LogP contribution in [0.2, 0.25) is 0 Å². The van der Waals surface area contributed by atoms with Crippen molar-refractivity contribution in [3.05, 3.63) is 107 Å². The summed E-state index contributed by atoms with van der Waals surface area (Å²) >= 11 is 0. The first-order chi connectivity index (χ1) is 21.2. The molecule has 6 aromatic rings. The maximum atomic E-state index is 13.9. The Kier molecular flexibility index (Phi) is 5.59. The van der Waals surface area contributed by atoms with Crippen molar-refractivity contribution >= 4 is 43.1 Å². The second kappa shape index (κ2) is 9.25. The van der Waals surface area contributed by atoms with Crippen LogP contribution in [0.5, 0.6) is 0 Å². The third-order valence-electron chi connectivity index (χ3n) is 10.0. The minimum absolute atomic E-state index is 0.0106. The topological polar surface area (TPSA) is 167 Å². The number of aromatic nitrogens is 4. The molecule has 0 aliphatic heterocycles. The van der Waals surface area contributed by atoms with Crippen LogP contribution in [0.25, 0.3) is 43.1 Å². The predicted molar refractivity (Wildman–Crippen MR) is 165 cm³/mol. The van der Waals surface area contributed by atoms with Crippen LogP contribution < -0.4 is 44.5 Å². The lowest BCUT2D eigenvalue weighted by atomic mass is 9.90. The Balaban J connectivity index is 1.31. The maximum absolute atomic E-state index is 13.9. The zero-order valence-corrected chi connectivity index (χ0v) is 23.5. The highest BCUT2D eigenvalue weighted by molar-refractivity contribution is 5.98. The first-order valence-electron chi connectivity index (χ1n) is 15.0. The summed E-state index contributed by atoms with van der Waals surface area (Å²) in [7, 11) is 0. The molecule has 2 fully saturated rings. The molecule has 0 amide bonds. The third kappa shape index (κ3) is 3.44. The molecule has 8 rings (SSSR count). The summed E-state index contributed by atoms with van der Waals surface area (Å²) in [6.45, 7) is 0. The molecule has 0 saturated heterocycles. The molecule has 222 valence electrons. The van der Waals surface area contributed by atoms with Gasteiger partial charge < -0.3 is 0 Å². The Morgan fingerprint density at radius 2 is 0.727 bits per heavy atom. The molecule has 2 atom stereocenters. The smallest absolute Gasteiger partial charge is 0.261 e. The van der Waals surface area contributed by atoms with Gasteiger partial charge in [0.25, 0.3) is 44.5 Å². The van der Waals surface area contributed by atoms with Gasteiger partial charge in [0.15, 0.2) is 0 Å². The van der Waals surface area contributed by atoms with Crippen molar-refractivity contribution < 1.29 is 0 Å². The quantitative estimate of drug-likeness (QED) is 0.322. The summed E-state index contributed by atoms with van der Waals surface area (Å²) in [6, 6.07) is 3.30. The number of nitrogens with one attached hydrogen (secondary N) is 1. The SMILES string of the molecule is O=c1[nH]c(=O)c2cc3c(=O)n([C@H]4CCCC[C@@H]4n4c(=O)c5cc6c(=O)n(C7CCCCC7)c(=O)c6cc5c4=O)c(=O)c3cc12. The number of hydrogen-bond acceptors (Lipinski definition) is 8. The second-order valence-corrected chi connectivity index (χ2v) is 12.3. The van der Waals surface area contributed by atoms with Crippen molar-refractivity contribution in [1.82, 2.24) is 18.7 Å². The molecular formula is C32H26N4O8. The monoisotopic (exact) mass is 594 g/mol. The van der Waals surface area contributed by atoms with E-state index in [4.69, 9.17) is 0 Å². The molecule has 0 radical (unpaired) electrons.